The third-order valence-electron chi connectivity index (χ3n) is 4.18. The van der Waals surface area contributed by atoms with Crippen LogP contribution in [0.4, 0.5) is 10.5 Å². The number of cyclic esters (lactones) is 1. The molecule has 1 amide bonds. The van der Waals surface area contributed by atoms with Gasteiger partial charge in [-0.3, -0.25) is 0 Å². The minimum Gasteiger partial charge on any atom is -0.457 e. The number of benzene rings is 1. The van der Waals surface area contributed by atoms with E-state index in [0.717, 1.165) is 30.8 Å². The smallest absolute Gasteiger partial charge is 0.410 e. The molecule has 1 saturated heterocycles. The number of hydrogen-bond acceptors (Lipinski definition) is 5. The van der Waals surface area contributed by atoms with Crippen LogP contribution in [-0.4, -0.2) is 48.7 Å². The van der Waals surface area contributed by atoms with E-state index in [-0.39, 0.29) is 12.1 Å². The van der Waals surface area contributed by atoms with Gasteiger partial charge in [-0.05, 0) is 45.4 Å². The largest absolute Gasteiger partial charge is 0.457 e. The second-order valence-corrected chi connectivity index (χ2v) is 7.23. The summed E-state index contributed by atoms with van der Waals surface area (Å²) in [5, 5.41) is 0. The highest BCUT2D eigenvalue weighted by Crippen LogP contribution is 2.26. The van der Waals surface area contributed by atoms with E-state index in [2.05, 4.69) is 4.90 Å². The maximum Gasteiger partial charge on any atom is 0.410 e. The zero-order valence-electron chi connectivity index (χ0n) is 14.5. The highest BCUT2D eigenvalue weighted by Gasteiger charge is 2.26. The number of nitrogens with zero attached hydrogens (tertiary/aromatic N) is 2. The molecule has 0 unspecified atom stereocenters. The number of rotatable bonds is 1. The summed E-state index contributed by atoms with van der Waals surface area (Å²) in [5.74, 6) is -0.247. The molecule has 0 radical (unpaired) electrons. The normalized spacial score (nSPS) is 18.0. The molecule has 6 heteroatoms. The predicted octanol–water partition coefficient (Wildman–Crippen LogP) is 2.80. The Morgan fingerprint density at radius 2 is 1.96 bits per heavy atom. The third kappa shape index (κ3) is 3.63. The summed E-state index contributed by atoms with van der Waals surface area (Å²) in [6, 6.07) is 5.80. The first-order chi connectivity index (χ1) is 11.3. The summed E-state index contributed by atoms with van der Waals surface area (Å²) in [7, 11) is 0. The van der Waals surface area contributed by atoms with Crippen molar-refractivity contribution in [2.45, 2.75) is 39.4 Å². The topological polar surface area (TPSA) is 59.1 Å². The SMILES string of the molecule is CC(C)(C)OC(=O)N1CCCN(c2ccc3c(c2)COC3=O)CC1. The van der Waals surface area contributed by atoms with Gasteiger partial charge in [0.2, 0.25) is 0 Å². The fraction of sp³-hybridized carbons (Fsp3) is 0.556. The third-order valence-corrected chi connectivity index (χ3v) is 4.18. The quantitative estimate of drug-likeness (QED) is 0.740. The Morgan fingerprint density at radius 1 is 1.17 bits per heavy atom. The van der Waals surface area contributed by atoms with Gasteiger partial charge < -0.3 is 19.3 Å². The summed E-state index contributed by atoms with van der Waals surface area (Å²) < 4.78 is 10.5. The molecule has 6 nitrogen and oxygen atoms in total. The molecule has 0 atom stereocenters. The average Bonchev–Trinajstić information content (AvgIpc) is 2.73. The average molecular weight is 332 g/mol. The number of ether oxygens (including phenoxy) is 2. The van der Waals surface area contributed by atoms with Gasteiger partial charge in [-0.1, -0.05) is 0 Å². The maximum absolute atomic E-state index is 12.2. The van der Waals surface area contributed by atoms with E-state index in [1.165, 1.54) is 0 Å². The first kappa shape index (κ1) is 16.6. The summed E-state index contributed by atoms with van der Waals surface area (Å²) >= 11 is 0. The number of anilines is 1. The van der Waals surface area contributed by atoms with Crippen LogP contribution in [0, 0.1) is 0 Å². The first-order valence-electron chi connectivity index (χ1n) is 8.36. The standard InChI is InChI=1S/C18H24N2O4/c1-18(2,3)24-17(22)20-8-4-7-19(9-10-20)14-5-6-15-13(11-14)12-23-16(15)21/h5-6,11H,4,7-10,12H2,1-3H3. The fourth-order valence-electron chi connectivity index (χ4n) is 3.00. The van der Waals surface area contributed by atoms with Crippen molar-refractivity contribution in [2.24, 2.45) is 0 Å². The molecule has 0 aromatic heterocycles. The zero-order valence-corrected chi connectivity index (χ0v) is 14.5. The molecule has 1 fully saturated rings. The number of esters is 1. The maximum atomic E-state index is 12.2. The molecule has 3 rings (SSSR count). The van der Waals surface area contributed by atoms with Gasteiger partial charge in [-0.15, -0.1) is 0 Å². The lowest BCUT2D eigenvalue weighted by Crippen LogP contribution is -2.39. The van der Waals surface area contributed by atoms with Gasteiger partial charge >= 0.3 is 12.1 Å². The number of carbonyl (C=O) groups excluding carboxylic acids is 2. The molecule has 2 aliphatic rings. The molecule has 24 heavy (non-hydrogen) atoms. The van der Waals surface area contributed by atoms with Gasteiger partial charge in [0.25, 0.3) is 0 Å². The lowest BCUT2D eigenvalue weighted by molar-refractivity contribution is 0.0263. The molecule has 1 aromatic carbocycles. The van der Waals surface area contributed by atoms with E-state index in [1.54, 1.807) is 4.90 Å². The van der Waals surface area contributed by atoms with Gasteiger partial charge in [-0.25, -0.2) is 9.59 Å². The van der Waals surface area contributed by atoms with Crippen molar-refractivity contribution in [3.8, 4) is 0 Å². The van der Waals surface area contributed by atoms with Crippen molar-refractivity contribution in [1.82, 2.24) is 4.90 Å². The molecular weight excluding hydrogens is 308 g/mol. The number of hydrogen-bond donors (Lipinski definition) is 0. The Morgan fingerprint density at radius 3 is 2.71 bits per heavy atom. The lowest BCUT2D eigenvalue weighted by Gasteiger charge is -2.27. The minimum atomic E-state index is -0.477. The van der Waals surface area contributed by atoms with Crippen molar-refractivity contribution in [3.63, 3.8) is 0 Å². The second kappa shape index (κ2) is 6.34. The van der Waals surface area contributed by atoms with Crippen molar-refractivity contribution in [2.75, 3.05) is 31.1 Å². The van der Waals surface area contributed by atoms with E-state index in [1.807, 2.05) is 39.0 Å². The monoisotopic (exact) mass is 332 g/mol. The molecule has 130 valence electrons. The van der Waals surface area contributed by atoms with Crippen LogP contribution in [0.3, 0.4) is 0 Å². The number of carbonyl (C=O) groups is 2. The highest BCUT2D eigenvalue weighted by molar-refractivity contribution is 5.93. The summed E-state index contributed by atoms with van der Waals surface area (Å²) in [6.45, 7) is 8.91. The van der Waals surface area contributed by atoms with Crippen LogP contribution in [0.1, 0.15) is 43.1 Å². The molecular formula is C18H24N2O4. The van der Waals surface area contributed by atoms with Crippen LogP contribution in [0.15, 0.2) is 18.2 Å². The fourth-order valence-corrected chi connectivity index (χ4v) is 3.00. The van der Waals surface area contributed by atoms with Crippen LogP contribution in [-0.2, 0) is 16.1 Å². The van der Waals surface area contributed by atoms with Crippen molar-refractivity contribution in [1.29, 1.82) is 0 Å². The van der Waals surface area contributed by atoms with Gasteiger partial charge in [-0.2, -0.15) is 0 Å². The molecule has 1 aromatic rings. The van der Waals surface area contributed by atoms with E-state index < -0.39 is 5.60 Å². The Hall–Kier alpha value is -2.24. The summed E-state index contributed by atoms with van der Waals surface area (Å²) in [6.07, 6.45) is 0.628. The van der Waals surface area contributed by atoms with Gasteiger partial charge in [0.1, 0.15) is 12.2 Å². The van der Waals surface area contributed by atoms with E-state index >= 15 is 0 Å². The lowest BCUT2D eigenvalue weighted by atomic mass is 10.1. The number of fused-ring (bicyclic) bond motifs is 1. The van der Waals surface area contributed by atoms with Crippen molar-refractivity contribution in [3.05, 3.63) is 29.3 Å². The molecule has 0 bridgehead atoms. The van der Waals surface area contributed by atoms with Gasteiger partial charge in [0.05, 0.1) is 5.56 Å². The van der Waals surface area contributed by atoms with Crippen molar-refractivity contribution < 1.29 is 19.1 Å². The van der Waals surface area contributed by atoms with Crippen LogP contribution >= 0.6 is 0 Å². The van der Waals surface area contributed by atoms with E-state index in [0.29, 0.717) is 25.3 Å². The van der Waals surface area contributed by atoms with Crippen LogP contribution in [0.2, 0.25) is 0 Å². The van der Waals surface area contributed by atoms with Gasteiger partial charge in [0.15, 0.2) is 0 Å². The van der Waals surface area contributed by atoms with E-state index in [9.17, 15) is 9.59 Å². The Bertz CT molecular complexity index is 651. The van der Waals surface area contributed by atoms with E-state index in [4.69, 9.17) is 9.47 Å². The Kier molecular flexibility index (Phi) is 4.39. The predicted molar refractivity (Wildman–Crippen MR) is 90.2 cm³/mol. The summed E-state index contributed by atoms with van der Waals surface area (Å²) in [4.78, 5) is 27.8. The second-order valence-electron chi connectivity index (χ2n) is 7.23. The van der Waals surface area contributed by atoms with Crippen LogP contribution in [0.5, 0.6) is 0 Å². The molecule has 0 spiro atoms. The molecule has 0 saturated carbocycles. The molecule has 0 aliphatic carbocycles. The Labute approximate surface area is 142 Å². The Balaban J connectivity index is 1.66. The summed E-state index contributed by atoms with van der Waals surface area (Å²) in [5.41, 5.74) is 2.18. The first-order valence-corrected chi connectivity index (χ1v) is 8.36. The molecule has 0 N–H and O–H groups in total. The van der Waals surface area contributed by atoms with Gasteiger partial charge in [0, 0.05) is 37.4 Å². The zero-order chi connectivity index (χ0) is 17.3. The van der Waals surface area contributed by atoms with Crippen LogP contribution < -0.4 is 4.90 Å². The van der Waals surface area contributed by atoms with Crippen molar-refractivity contribution >= 4 is 17.7 Å². The minimum absolute atomic E-state index is 0.247. The highest BCUT2D eigenvalue weighted by atomic mass is 16.6. The molecule has 2 heterocycles. The van der Waals surface area contributed by atoms with Crippen LogP contribution in [0.25, 0.3) is 0 Å². The number of amides is 1. The molecule has 2 aliphatic heterocycles.